The van der Waals surface area contributed by atoms with Gasteiger partial charge < -0.3 is 10.1 Å². The van der Waals surface area contributed by atoms with Crippen molar-refractivity contribution in [3.63, 3.8) is 0 Å². The Kier molecular flexibility index (Phi) is 3.67. The molecule has 1 aromatic rings. The van der Waals surface area contributed by atoms with Gasteiger partial charge in [0.2, 0.25) is 10.0 Å². The van der Waals surface area contributed by atoms with E-state index < -0.39 is 15.8 Å². The van der Waals surface area contributed by atoms with Crippen LogP contribution in [-0.4, -0.2) is 45.5 Å². The summed E-state index contributed by atoms with van der Waals surface area (Å²) in [7, 11) is -2.32. The predicted molar refractivity (Wildman–Crippen MR) is 76.2 cm³/mol. The molecule has 1 N–H and O–H groups in total. The first-order valence-corrected chi connectivity index (χ1v) is 8.45. The van der Waals surface area contributed by atoms with Crippen molar-refractivity contribution in [1.82, 2.24) is 9.62 Å². The van der Waals surface area contributed by atoms with E-state index in [1.807, 2.05) is 6.92 Å². The summed E-state index contributed by atoms with van der Waals surface area (Å²) in [6.45, 7) is 4.11. The monoisotopic (exact) mass is 314 g/mol. The highest BCUT2D eigenvalue weighted by atomic mass is 32.2. The molecule has 3 rings (SSSR count). The Bertz CT molecular complexity index is 650. The lowest BCUT2D eigenvalue weighted by atomic mass is 9.95. The fraction of sp³-hybridized carbons (Fsp3) is 0.571. The molecule has 0 amide bonds. The molecular weight excluding hydrogens is 295 g/mol. The number of ether oxygens (including phenoxy) is 1. The average Bonchev–Trinajstić information content (AvgIpc) is 3.02. The van der Waals surface area contributed by atoms with Gasteiger partial charge in [-0.15, -0.1) is 0 Å². The molecule has 0 bridgehead atoms. The van der Waals surface area contributed by atoms with Crippen LogP contribution in [0.4, 0.5) is 4.39 Å². The summed E-state index contributed by atoms with van der Waals surface area (Å²) in [5.74, 6) is 0.0671. The molecule has 0 aromatic heterocycles. The van der Waals surface area contributed by atoms with Crippen molar-refractivity contribution in [2.75, 3.05) is 26.7 Å². The number of methoxy groups -OCH3 is 1. The smallest absolute Gasteiger partial charge is 0.243 e. The van der Waals surface area contributed by atoms with Gasteiger partial charge in [-0.25, -0.2) is 12.8 Å². The van der Waals surface area contributed by atoms with Crippen molar-refractivity contribution in [1.29, 1.82) is 0 Å². The molecule has 0 radical (unpaired) electrons. The molecule has 1 aromatic carbocycles. The van der Waals surface area contributed by atoms with E-state index in [-0.39, 0.29) is 16.7 Å². The Balaban J connectivity index is 1.92. The van der Waals surface area contributed by atoms with Crippen LogP contribution in [0.3, 0.4) is 0 Å². The van der Waals surface area contributed by atoms with E-state index in [0.29, 0.717) is 18.4 Å². The Morgan fingerprint density at radius 1 is 1.38 bits per heavy atom. The van der Waals surface area contributed by atoms with Gasteiger partial charge in [-0.1, -0.05) is 0 Å². The number of benzene rings is 1. The average molecular weight is 314 g/mol. The molecular formula is C14H19FN2O3S. The minimum atomic E-state index is -3.67. The van der Waals surface area contributed by atoms with Crippen LogP contribution in [0.25, 0.3) is 0 Å². The van der Waals surface area contributed by atoms with Gasteiger partial charge in [0.05, 0.1) is 12.0 Å². The first kappa shape index (κ1) is 14.7. The second kappa shape index (κ2) is 5.23. The van der Waals surface area contributed by atoms with E-state index in [2.05, 4.69) is 5.32 Å². The van der Waals surface area contributed by atoms with Crippen LogP contribution in [0.5, 0.6) is 5.75 Å². The van der Waals surface area contributed by atoms with Crippen LogP contribution in [0.1, 0.15) is 6.92 Å². The van der Waals surface area contributed by atoms with Crippen LogP contribution < -0.4 is 10.1 Å². The SMILES string of the molecule is COc1ccc(S(=O)(=O)N2CC3CNCC3C2C)cc1F. The maximum atomic E-state index is 13.8. The summed E-state index contributed by atoms with van der Waals surface area (Å²) >= 11 is 0. The molecule has 3 unspecified atom stereocenters. The molecule has 2 saturated heterocycles. The van der Waals surface area contributed by atoms with Gasteiger partial charge in [-0.05, 0) is 50.0 Å². The highest BCUT2D eigenvalue weighted by Gasteiger charge is 2.46. The summed E-state index contributed by atoms with van der Waals surface area (Å²) in [6.07, 6.45) is 0. The fourth-order valence-electron chi connectivity index (χ4n) is 3.39. The van der Waals surface area contributed by atoms with Gasteiger partial charge in [-0.2, -0.15) is 4.31 Å². The van der Waals surface area contributed by atoms with E-state index in [0.717, 1.165) is 19.2 Å². The summed E-state index contributed by atoms with van der Waals surface area (Å²) in [5.41, 5.74) is 0. The third kappa shape index (κ3) is 2.33. The first-order valence-electron chi connectivity index (χ1n) is 7.01. The van der Waals surface area contributed by atoms with Crippen molar-refractivity contribution in [3.05, 3.63) is 24.0 Å². The zero-order valence-corrected chi connectivity index (χ0v) is 12.9. The molecule has 5 nitrogen and oxygen atoms in total. The minimum Gasteiger partial charge on any atom is -0.494 e. The lowest BCUT2D eigenvalue weighted by Crippen LogP contribution is -2.38. The molecule has 2 aliphatic rings. The number of rotatable bonds is 3. The van der Waals surface area contributed by atoms with Gasteiger partial charge in [0.1, 0.15) is 0 Å². The minimum absolute atomic E-state index is 0.0133. The summed E-state index contributed by atoms with van der Waals surface area (Å²) in [4.78, 5) is -0.0133. The number of halogens is 1. The van der Waals surface area contributed by atoms with Gasteiger partial charge in [0.25, 0.3) is 0 Å². The molecule has 0 saturated carbocycles. The molecule has 2 fully saturated rings. The maximum absolute atomic E-state index is 13.8. The molecule has 3 atom stereocenters. The maximum Gasteiger partial charge on any atom is 0.243 e. The Hall–Kier alpha value is -1.18. The second-order valence-electron chi connectivity index (χ2n) is 5.69. The highest BCUT2D eigenvalue weighted by Crippen LogP contribution is 2.36. The Labute approximate surface area is 124 Å². The Morgan fingerprint density at radius 3 is 2.76 bits per heavy atom. The zero-order chi connectivity index (χ0) is 15.2. The van der Waals surface area contributed by atoms with Crippen LogP contribution in [0, 0.1) is 17.7 Å². The van der Waals surface area contributed by atoms with Crippen molar-refractivity contribution in [2.45, 2.75) is 17.9 Å². The number of hydrogen-bond donors (Lipinski definition) is 1. The quantitative estimate of drug-likeness (QED) is 0.906. The Morgan fingerprint density at radius 2 is 2.14 bits per heavy atom. The lowest BCUT2D eigenvalue weighted by Gasteiger charge is -2.24. The van der Waals surface area contributed by atoms with Crippen LogP contribution in [0.15, 0.2) is 23.1 Å². The van der Waals surface area contributed by atoms with E-state index >= 15 is 0 Å². The van der Waals surface area contributed by atoms with E-state index in [1.165, 1.54) is 23.5 Å². The van der Waals surface area contributed by atoms with Crippen LogP contribution in [-0.2, 0) is 10.0 Å². The molecule has 2 heterocycles. The van der Waals surface area contributed by atoms with E-state index in [4.69, 9.17) is 4.74 Å². The van der Waals surface area contributed by atoms with Crippen molar-refractivity contribution < 1.29 is 17.5 Å². The van der Waals surface area contributed by atoms with Crippen molar-refractivity contribution in [2.24, 2.45) is 11.8 Å². The molecule has 7 heteroatoms. The molecule has 21 heavy (non-hydrogen) atoms. The molecule has 2 aliphatic heterocycles. The summed E-state index contributed by atoms with van der Waals surface area (Å²) < 4.78 is 45.6. The number of nitrogens with one attached hydrogen (secondary N) is 1. The topological polar surface area (TPSA) is 58.6 Å². The van der Waals surface area contributed by atoms with Crippen molar-refractivity contribution >= 4 is 10.0 Å². The summed E-state index contributed by atoms with van der Waals surface area (Å²) in [5, 5.41) is 3.29. The van der Waals surface area contributed by atoms with Gasteiger partial charge in [-0.3, -0.25) is 0 Å². The second-order valence-corrected chi connectivity index (χ2v) is 7.58. The molecule has 0 spiro atoms. The third-order valence-electron chi connectivity index (χ3n) is 4.61. The molecule has 0 aliphatic carbocycles. The van der Waals surface area contributed by atoms with E-state index in [1.54, 1.807) is 0 Å². The number of nitrogens with zero attached hydrogens (tertiary/aromatic N) is 1. The lowest BCUT2D eigenvalue weighted by molar-refractivity contribution is 0.359. The fourth-order valence-corrected chi connectivity index (χ4v) is 5.13. The summed E-state index contributed by atoms with van der Waals surface area (Å²) in [6, 6.07) is 3.72. The normalized spacial score (nSPS) is 29.6. The van der Waals surface area contributed by atoms with E-state index in [9.17, 15) is 12.8 Å². The highest BCUT2D eigenvalue weighted by molar-refractivity contribution is 7.89. The van der Waals surface area contributed by atoms with Crippen LogP contribution in [0.2, 0.25) is 0 Å². The van der Waals surface area contributed by atoms with Crippen LogP contribution >= 0.6 is 0 Å². The third-order valence-corrected chi connectivity index (χ3v) is 6.56. The number of hydrogen-bond acceptors (Lipinski definition) is 4. The standard InChI is InChI=1S/C14H19FN2O3S/c1-9-12-7-16-6-10(12)8-17(9)21(18,19)11-3-4-14(20-2)13(15)5-11/h3-5,9-10,12,16H,6-8H2,1-2H3. The zero-order valence-electron chi connectivity index (χ0n) is 12.0. The van der Waals surface area contributed by atoms with Gasteiger partial charge >= 0.3 is 0 Å². The van der Waals surface area contributed by atoms with Gasteiger partial charge in [0.15, 0.2) is 11.6 Å². The van der Waals surface area contributed by atoms with Crippen molar-refractivity contribution in [3.8, 4) is 5.75 Å². The number of fused-ring (bicyclic) bond motifs is 1. The number of sulfonamides is 1. The first-order chi connectivity index (χ1) is 9.95. The molecule has 116 valence electrons. The van der Waals surface area contributed by atoms with Gasteiger partial charge in [0, 0.05) is 12.6 Å². The largest absolute Gasteiger partial charge is 0.494 e. The predicted octanol–water partition coefficient (Wildman–Crippen LogP) is 1.06.